The Labute approximate surface area is 148 Å². The Hall–Kier alpha value is -2.21. The molecule has 0 saturated heterocycles. The lowest BCUT2D eigenvalue weighted by Crippen LogP contribution is -2.28. The van der Waals surface area contributed by atoms with Crippen LogP contribution in [0.3, 0.4) is 0 Å². The molecule has 0 bridgehead atoms. The molecule has 0 saturated carbocycles. The van der Waals surface area contributed by atoms with E-state index < -0.39 is 11.7 Å². The summed E-state index contributed by atoms with van der Waals surface area (Å²) in [5, 5.41) is 2.78. The molecule has 2 aromatic carbocycles. The fraction of sp³-hybridized carbons (Fsp3) is 0.222. The first-order valence-corrected chi connectivity index (χ1v) is 8.31. The molecule has 2 aromatic rings. The van der Waals surface area contributed by atoms with Gasteiger partial charge in [0.1, 0.15) is 5.82 Å². The average molecular weight is 393 g/mol. The van der Waals surface area contributed by atoms with E-state index in [1.807, 2.05) is 19.1 Å². The maximum atomic E-state index is 13.6. The van der Waals surface area contributed by atoms with Crippen LogP contribution in [0.2, 0.25) is 0 Å². The summed E-state index contributed by atoms with van der Waals surface area (Å²) in [5.41, 5.74) is 1.65. The Bertz CT molecular complexity index is 764. The number of amides is 2. The molecule has 6 heteroatoms. The summed E-state index contributed by atoms with van der Waals surface area (Å²) in [7, 11) is 0. The largest absolute Gasteiger partial charge is 0.339 e. The number of hydrogen-bond acceptors (Lipinski definition) is 2. The number of carbonyl (C=O) groups is 2. The highest BCUT2D eigenvalue weighted by Gasteiger charge is 2.13. The number of carbonyl (C=O) groups excluding carboxylic acids is 2. The van der Waals surface area contributed by atoms with Crippen LogP contribution in [0.15, 0.2) is 46.9 Å². The first-order chi connectivity index (χ1) is 11.4. The van der Waals surface area contributed by atoms with Gasteiger partial charge in [-0.1, -0.05) is 18.2 Å². The fourth-order valence-corrected chi connectivity index (χ4v) is 2.51. The second kappa shape index (κ2) is 8.06. The van der Waals surface area contributed by atoms with E-state index in [1.165, 1.54) is 19.1 Å². The van der Waals surface area contributed by atoms with Crippen LogP contribution in [-0.4, -0.2) is 23.3 Å². The van der Waals surface area contributed by atoms with Crippen LogP contribution in [0, 0.1) is 5.82 Å². The minimum atomic E-state index is -0.496. The van der Waals surface area contributed by atoms with E-state index in [9.17, 15) is 14.0 Å². The van der Waals surface area contributed by atoms with Crippen LogP contribution in [0.4, 0.5) is 10.1 Å². The highest BCUT2D eigenvalue weighted by atomic mass is 79.9. The van der Waals surface area contributed by atoms with Crippen molar-refractivity contribution in [1.29, 1.82) is 0 Å². The summed E-state index contributed by atoms with van der Waals surface area (Å²) in [4.78, 5) is 25.6. The number of hydrogen-bond donors (Lipinski definition) is 1. The van der Waals surface area contributed by atoms with Gasteiger partial charge >= 0.3 is 0 Å². The summed E-state index contributed by atoms with van der Waals surface area (Å²) in [6, 6.07) is 11.5. The molecule has 0 atom stereocenters. The van der Waals surface area contributed by atoms with Crippen LogP contribution < -0.4 is 5.32 Å². The second-order valence-corrected chi connectivity index (χ2v) is 6.13. The van der Waals surface area contributed by atoms with Gasteiger partial charge < -0.3 is 10.2 Å². The molecule has 0 fully saturated rings. The second-order valence-electron chi connectivity index (χ2n) is 5.27. The van der Waals surface area contributed by atoms with Gasteiger partial charge in [0.05, 0.1) is 4.47 Å². The molecule has 0 aliphatic rings. The highest BCUT2D eigenvalue weighted by molar-refractivity contribution is 9.10. The lowest BCUT2D eigenvalue weighted by Gasteiger charge is -2.21. The van der Waals surface area contributed by atoms with E-state index in [2.05, 4.69) is 21.2 Å². The summed E-state index contributed by atoms with van der Waals surface area (Å²) in [5.74, 6) is -0.932. The van der Waals surface area contributed by atoms with Gasteiger partial charge in [0.25, 0.3) is 5.91 Å². The molecule has 2 amide bonds. The van der Waals surface area contributed by atoms with Crippen molar-refractivity contribution in [3.63, 3.8) is 0 Å². The lowest BCUT2D eigenvalue weighted by atomic mass is 10.1. The molecule has 0 aliphatic carbocycles. The van der Waals surface area contributed by atoms with E-state index in [1.54, 1.807) is 23.1 Å². The lowest BCUT2D eigenvalue weighted by molar-refractivity contribution is -0.129. The van der Waals surface area contributed by atoms with E-state index in [0.29, 0.717) is 23.2 Å². The zero-order chi connectivity index (χ0) is 17.7. The monoisotopic (exact) mass is 392 g/mol. The predicted octanol–water partition coefficient (Wildman–Crippen LogP) is 4.21. The summed E-state index contributed by atoms with van der Waals surface area (Å²) in [6.45, 7) is 4.38. The van der Waals surface area contributed by atoms with Gasteiger partial charge in [-0.2, -0.15) is 0 Å². The maximum Gasteiger partial charge on any atom is 0.255 e. The third kappa shape index (κ3) is 4.41. The molecule has 0 aliphatic heterocycles. The van der Waals surface area contributed by atoms with Crippen molar-refractivity contribution in [2.45, 2.75) is 20.4 Å². The molecule has 0 heterocycles. The van der Waals surface area contributed by atoms with Crippen molar-refractivity contribution >= 4 is 33.4 Å². The molecular weight excluding hydrogens is 375 g/mol. The summed E-state index contributed by atoms with van der Waals surface area (Å²) < 4.78 is 13.9. The number of nitrogens with zero attached hydrogens (tertiary/aromatic N) is 1. The summed E-state index contributed by atoms with van der Waals surface area (Å²) >= 11 is 3.06. The molecule has 4 nitrogen and oxygen atoms in total. The standard InChI is InChI=1S/C18H18BrFN2O2/c1-3-22(12(2)23)11-14-6-4-5-7-17(14)21-18(24)13-8-9-15(19)16(20)10-13/h4-10H,3,11H2,1-2H3,(H,21,24). The number of nitrogens with one attached hydrogen (secondary N) is 1. The fourth-order valence-electron chi connectivity index (χ4n) is 2.26. The zero-order valence-corrected chi connectivity index (χ0v) is 15.1. The van der Waals surface area contributed by atoms with Crippen molar-refractivity contribution in [3.8, 4) is 0 Å². The van der Waals surface area contributed by atoms with E-state index >= 15 is 0 Å². The molecule has 126 valence electrons. The summed E-state index contributed by atoms with van der Waals surface area (Å²) in [6.07, 6.45) is 0. The van der Waals surface area contributed by atoms with Crippen LogP contribution in [0.1, 0.15) is 29.8 Å². The van der Waals surface area contributed by atoms with Gasteiger partial charge in [0.2, 0.25) is 5.91 Å². The highest BCUT2D eigenvalue weighted by Crippen LogP contribution is 2.20. The third-order valence-corrected chi connectivity index (χ3v) is 4.28. The maximum absolute atomic E-state index is 13.6. The quantitative estimate of drug-likeness (QED) is 0.828. The van der Waals surface area contributed by atoms with Crippen molar-refractivity contribution in [2.75, 3.05) is 11.9 Å². The SMILES string of the molecule is CCN(Cc1ccccc1NC(=O)c1ccc(Br)c(F)c1)C(C)=O. The van der Waals surface area contributed by atoms with Gasteiger partial charge in [0.15, 0.2) is 0 Å². The minimum Gasteiger partial charge on any atom is -0.339 e. The molecule has 0 aromatic heterocycles. The molecule has 0 spiro atoms. The van der Waals surface area contributed by atoms with Gasteiger partial charge in [-0.25, -0.2) is 4.39 Å². The van der Waals surface area contributed by atoms with E-state index in [4.69, 9.17) is 0 Å². The van der Waals surface area contributed by atoms with Gasteiger partial charge in [-0.05, 0) is 52.7 Å². The van der Waals surface area contributed by atoms with Gasteiger partial charge in [0, 0.05) is 31.3 Å². The van der Waals surface area contributed by atoms with Crippen molar-refractivity contribution in [2.24, 2.45) is 0 Å². The number of para-hydroxylation sites is 1. The van der Waals surface area contributed by atoms with Crippen LogP contribution in [0.5, 0.6) is 0 Å². The normalized spacial score (nSPS) is 10.3. The van der Waals surface area contributed by atoms with E-state index in [-0.39, 0.29) is 11.5 Å². The Morgan fingerprint density at radius 1 is 1.21 bits per heavy atom. The molecule has 2 rings (SSSR count). The Morgan fingerprint density at radius 2 is 1.92 bits per heavy atom. The average Bonchev–Trinajstić information content (AvgIpc) is 2.56. The van der Waals surface area contributed by atoms with Crippen molar-refractivity contribution in [1.82, 2.24) is 4.90 Å². The van der Waals surface area contributed by atoms with Crippen LogP contribution in [-0.2, 0) is 11.3 Å². The van der Waals surface area contributed by atoms with Crippen LogP contribution in [0.25, 0.3) is 0 Å². The third-order valence-electron chi connectivity index (χ3n) is 3.64. The number of benzene rings is 2. The first kappa shape index (κ1) is 18.1. The van der Waals surface area contributed by atoms with Crippen LogP contribution >= 0.6 is 15.9 Å². The Morgan fingerprint density at radius 3 is 2.54 bits per heavy atom. The number of halogens is 2. The smallest absolute Gasteiger partial charge is 0.255 e. The van der Waals surface area contributed by atoms with Gasteiger partial charge in [-0.3, -0.25) is 9.59 Å². The minimum absolute atomic E-state index is 0.0337. The molecule has 0 unspecified atom stereocenters. The first-order valence-electron chi connectivity index (χ1n) is 7.52. The zero-order valence-electron chi connectivity index (χ0n) is 13.5. The van der Waals surface area contributed by atoms with E-state index in [0.717, 1.165) is 5.56 Å². The number of rotatable bonds is 5. The Balaban J connectivity index is 2.21. The van der Waals surface area contributed by atoms with Crippen molar-refractivity contribution in [3.05, 3.63) is 63.9 Å². The van der Waals surface area contributed by atoms with Gasteiger partial charge in [-0.15, -0.1) is 0 Å². The van der Waals surface area contributed by atoms with Crippen molar-refractivity contribution < 1.29 is 14.0 Å². The molecule has 1 N–H and O–H groups in total. The predicted molar refractivity (Wildman–Crippen MR) is 95.3 cm³/mol. The molecular formula is C18H18BrFN2O2. The topological polar surface area (TPSA) is 49.4 Å². The molecule has 24 heavy (non-hydrogen) atoms. The Kier molecular flexibility index (Phi) is 6.09. The molecule has 0 radical (unpaired) electrons. The number of anilines is 1.